The fourth-order valence-corrected chi connectivity index (χ4v) is 2.54. The number of aryl methyl sites for hydroxylation is 1. The number of rotatable bonds is 2. The number of hydrogen-bond donors (Lipinski definition) is 1. The van der Waals surface area contributed by atoms with Crippen molar-refractivity contribution in [2.75, 3.05) is 17.7 Å². The smallest absolute Gasteiger partial charge is 0.0648 e. The fourth-order valence-electron chi connectivity index (χ4n) is 2.54. The highest BCUT2D eigenvalue weighted by Crippen LogP contribution is 2.35. The van der Waals surface area contributed by atoms with Gasteiger partial charge in [-0.3, -0.25) is 4.98 Å². The molecule has 1 aromatic heterocycles. The lowest BCUT2D eigenvalue weighted by atomic mass is 10.1. The quantitative estimate of drug-likeness (QED) is 0.713. The van der Waals surface area contributed by atoms with Crippen molar-refractivity contribution in [2.45, 2.75) is 6.92 Å². The predicted octanol–water partition coefficient (Wildman–Crippen LogP) is 3.89. The second-order valence-electron chi connectivity index (χ2n) is 4.94. The number of pyridine rings is 1. The Morgan fingerprint density at radius 1 is 1.00 bits per heavy atom. The van der Waals surface area contributed by atoms with Crippen LogP contribution < -0.4 is 10.6 Å². The van der Waals surface area contributed by atoms with Gasteiger partial charge in [0.15, 0.2) is 0 Å². The molecule has 0 aliphatic heterocycles. The van der Waals surface area contributed by atoms with E-state index in [2.05, 4.69) is 35.0 Å². The van der Waals surface area contributed by atoms with Crippen molar-refractivity contribution in [3.63, 3.8) is 0 Å². The Balaban J connectivity index is 2.15. The molecule has 0 aliphatic rings. The minimum atomic E-state index is 0.788. The van der Waals surface area contributed by atoms with E-state index in [4.69, 9.17) is 5.73 Å². The molecule has 3 heteroatoms. The summed E-state index contributed by atoms with van der Waals surface area (Å²) in [6.07, 6.45) is 3.61. The molecule has 3 rings (SSSR count). The van der Waals surface area contributed by atoms with Crippen molar-refractivity contribution in [3.8, 4) is 0 Å². The van der Waals surface area contributed by atoms with Crippen LogP contribution in [0.25, 0.3) is 10.8 Å². The number of nitrogen functional groups attached to an aromatic ring is 1. The van der Waals surface area contributed by atoms with Crippen LogP contribution in [0, 0.1) is 6.92 Å². The number of nitrogens with zero attached hydrogens (tertiary/aromatic N) is 2. The topological polar surface area (TPSA) is 42.2 Å². The molecule has 20 heavy (non-hydrogen) atoms. The highest BCUT2D eigenvalue weighted by Gasteiger charge is 2.11. The van der Waals surface area contributed by atoms with Gasteiger partial charge in [-0.25, -0.2) is 0 Å². The SMILES string of the molecule is Cc1ccccc1N(C)c1ccc2cnccc2c1N. The van der Waals surface area contributed by atoms with Gasteiger partial charge in [-0.1, -0.05) is 24.3 Å². The standard InChI is InChI=1S/C17H17N3/c1-12-5-3-4-6-15(12)20(2)16-8-7-13-11-19-10-9-14(13)17(16)18/h3-11H,18H2,1-2H3. The first-order valence-corrected chi connectivity index (χ1v) is 6.60. The van der Waals surface area contributed by atoms with Crippen LogP contribution in [0.15, 0.2) is 54.9 Å². The Bertz CT molecular complexity index is 765. The average molecular weight is 263 g/mol. The summed E-state index contributed by atoms with van der Waals surface area (Å²) in [5.74, 6) is 0. The van der Waals surface area contributed by atoms with Gasteiger partial charge in [0.05, 0.1) is 11.4 Å². The molecule has 0 fully saturated rings. The zero-order valence-electron chi connectivity index (χ0n) is 11.7. The van der Waals surface area contributed by atoms with Gasteiger partial charge in [-0.05, 0) is 30.7 Å². The van der Waals surface area contributed by atoms with Crippen molar-refractivity contribution < 1.29 is 0 Å². The molecule has 3 aromatic rings. The van der Waals surface area contributed by atoms with E-state index in [-0.39, 0.29) is 0 Å². The summed E-state index contributed by atoms with van der Waals surface area (Å²) in [7, 11) is 2.04. The van der Waals surface area contributed by atoms with Gasteiger partial charge in [-0.15, -0.1) is 0 Å². The van der Waals surface area contributed by atoms with Gasteiger partial charge < -0.3 is 10.6 Å². The second kappa shape index (κ2) is 4.85. The van der Waals surface area contributed by atoms with Crippen LogP contribution >= 0.6 is 0 Å². The Morgan fingerprint density at radius 2 is 1.80 bits per heavy atom. The van der Waals surface area contributed by atoms with Crippen LogP contribution in [0.1, 0.15) is 5.56 Å². The molecule has 0 unspecified atom stereocenters. The van der Waals surface area contributed by atoms with Crippen LogP contribution in [-0.4, -0.2) is 12.0 Å². The Hall–Kier alpha value is -2.55. The van der Waals surface area contributed by atoms with E-state index in [1.165, 1.54) is 5.56 Å². The lowest BCUT2D eigenvalue weighted by Gasteiger charge is -2.23. The molecule has 0 radical (unpaired) electrons. The van der Waals surface area contributed by atoms with E-state index in [0.29, 0.717) is 0 Å². The molecule has 100 valence electrons. The molecular weight excluding hydrogens is 246 g/mol. The summed E-state index contributed by atoms with van der Waals surface area (Å²) in [6.45, 7) is 2.10. The first-order valence-electron chi connectivity index (χ1n) is 6.60. The highest BCUT2D eigenvalue weighted by molar-refractivity contribution is 5.99. The number of aromatic nitrogens is 1. The number of fused-ring (bicyclic) bond motifs is 1. The molecule has 2 aromatic carbocycles. The molecule has 0 aliphatic carbocycles. The van der Waals surface area contributed by atoms with Crippen molar-refractivity contribution in [3.05, 3.63) is 60.4 Å². The number of para-hydroxylation sites is 1. The Morgan fingerprint density at radius 3 is 2.60 bits per heavy atom. The van der Waals surface area contributed by atoms with E-state index in [1.807, 2.05) is 37.5 Å². The minimum absolute atomic E-state index is 0.788. The fraction of sp³-hybridized carbons (Fsp3) is 0.118. The summed E-state index contributed by atoms with van der Waals surface area (Å²) in [5.41, 5.74) is 10.5. The lowest BCUT2D eigenvalue weighted by Crippen LogP contribution is -2.12. The summed E-state index contributed by atoms with van der Waals surface area (Å²) in [5, 5.41) is 2.10. The maximum absolute atomic E-state index is 6.34. The summed E-state index contributed by atoms with van der Waals surface area (Å²) < 4.78 is 0. The Labute approximate surface area is 118 Å². The summed E-state index contributed by atoms with van der Waals surface area (Å²) in [4.78, 5) is 6.26. The van der Waals surface area contributed by atoms with Crippen LogP contribution in [0.2, 0.25) is 0 Å². The number of nitrogens with two attached hydrogens (primary N) is 1. The van der Waals surface area contributed by atoms with Gasteiger partial charge in [-0.2, -0.15) is 0 Å². The normalized spacial score (nSPS) is 10.7. The van der Waals surface area contributed by atoms with Gasteiger partial charge in [0.2, 0.25) is 0 Å². The minimum Gasteiger partial charge on any atom is -0.397 e. The monoisotopic (exact) mass is 263 g/mol. The third kappa shape index (κ3) is 1.97. The first-order chi connectivity index (χ1) is 9.68. The third-order valence-corrected chi connectivity index (χ3v) is 3.68. The van der Waals surface area contributed by atoms with E-state index in [0.717, 1.165) is 27.8 Å². The predicted molar refractivity (Wildman–Crippen MR) is 85.4 cm³/mol. The number of benzene rings is 2. The molecular formula is C17H17N3. The van der Waals surface area contributed by atoms with E-state index in [1.54, 1.807) is 6.20 Å². The van der Waals surface area contributed by atoms with Crippen molar-refractivity contribution in [1.29, 1.82) is 0 Å². The van der Waals surface area contributed by atoms with Crippen molar-refractivity contribution >= 4 is 27.8 Å². The van der Waals surface area contributed by atoms with Crippen LogP contribution in [0.4, 0.5) is 17.1 Å². The van der Waals surface area contributed by atoms with Gasteiger partial charge >= 0.3 is 0 Å². The lowest BCUT2D eigenvalue weighted by molar-refractivity contribution is 1.19. The van der Waals surface area contributed by atoms with E-state index >= 15 is 0 Å². The molecule has 0 atom stereocenters. The van der Waals surface area contributed by atoms with Crippen molar-refractivity contribution in [1.82, 2.24) is 4.98 Å². The van der Waals surface area contributed by atoms with Crippen LogP contribution in [0.3, 0.4) is 0 Å². The number of anilines is 3. The summed E-state index contributed by atoms with van der Waals surface area (Å²) in [6, 6.07) is 14.4. The van der Waals surface area contributed by atoms with Gasteiger partial charge in [0, 0.05) is 35.9 Å². The third-order valence-electron chi connectivity index (χ3n) is 3.68. The first kappa shape index (κ1) is 12.5. The molecule has 2 N–H and O–H groups in total. The summed E-state index contributed by atoms with van der Waals surface area (Å²) >= 11 is 0. The zero-order valence-corrected chi connectivity index (χ0v) is 11.7. The largest absolute Gasteiger partial charge is 0.397 e. The van der Waals surface area contributed by atoms with E-state index < -0.39 is 0 Å². The van der Waals surface area contributed by atoms with Crippen LogP contribution in [-0.2, 0) is 0 Å². The molecule has 1 heterocycles. The molecule has 3 nitrogen and oxygen atoms in total. The Kier molecular flexibility index (Phi) is 3.03. The zero-order chi connectivity index (χ0) is 14.1. The molecule has 0 amide bonds. The highest BCUT2D eigenvalue weighted by atomic mass is 15.1. The molecule has 0 saturated heterocycles. The molecule has 0 saturated carbocycles. The van der Waals surface area contributed by atoms with Gasteiger partial charge in [0.25, 0.3) is 0 Å². The van der Waals surface area contributed by atoms with Gasteiger partial charge in [0.1, 0.15) is 0 Å². The molecule has 0 bridgehead atoms. The molecule has 0 spiro atoms. The maximum Gasteiger partial charge on any atom is 0.0648 e. The second-order valence-corrected chi connectivity index (χ2v) is 4.94. The van der Waals surface area contributed by atoms with Crippen molar-refractivity contribution in [2.24, 2.45) is 0 Å². The maximum atomic E-state index is 6.34. The van der Waals surface area contributed by atoms with Crippen LogP contribution in [0.5, 0.6) is 0 Å². The average Bonchev–Trinajstić information content (AvgIpc) is 2.48. The number of hydrogen-bond acceptors (Lipinski definition) is 3. The van der Waals surface area contributed by atoms with E-state index in [9.17, 15) is 0 Å².